The zero-order chi connectivity index (χ0) is 14.7. The van der Waals surface area contributed by atoms with E-state index in [-0.39, 0.29) is 0 Å². The van der Waals surface area contributed by atoms with E-state index in [0.717, 1.165) is 36.8 Å². The first-order valence-electron chi connectivity index (χ1n) is 7.39. The number of fused-ring (bicyclic) bond motifs is 1. The lowest BCUT2D eigenvalue weighted by atomic mass is 10.1. The minimum absolute atomic E-state index is 0.484. The van der Waals surface area contributed by atoms with Crippen LogP contribution in [0.15, 0.2) is 36.7 Å². The third kappa shape index (κ3) is 3.25. The van der Waals surface area contributed by atoms with Crippen molar-refractivity contribution in [2.45, 2.75) is 26.1 Å². The van der Waals surface area contributed by atoms with Gasteiger partial charge in [-0.15, -0.1) is 0 Å². The fraction of sp³-hybridized carbons (Fsp3) is 0.438. The van der Waals surface area contributed by atoms with Crippen molar-refractivity contribution < 1.29 is 9.84 Å². The van der Waals surface area contributed by atoms with E-state index < -0.39 is 6.10 Å². The fourth-order valence-corrected chi connectivity index (χ4v) is 2.68. The second-order valence-electron chi connectivity index (χ2n) is 5.29. The Balaban J connectivity index is 1.60. The van der Waals surface area contributed by atoms with Crippen LogP contribution in [0, 0.1) is 0 Å². The Hall–Kier alpha value is -1.85. The molecule has 2 aromatic rings. The number of aliphatic hydroxyl groups is 1. The van der Waals surface area contributed by atoms with E-state index in [1.807, 2.05) is 43.6 Å². The minimum Gasteiger partial charge on any atom is -0.494 e. The SMILES string of the molecule is CCOc1ccc(C(O)CN2CCn3ccnc3C2)cc1. The van der Waals surface area contributed by atoms with Gasteiger partial charge in [-0.2, -0.15) is 0 Å². The van der Waals surface area contributed by atoms with Crippen LogP contribution in [-0.2, 0) is 13.1 Å². The number of aromatic nitrogens is 2. The number of hydrogen-bond acceptors (Lipinski definition) is 4. The van der Waals surface area contributed by atoms with Crippen molar-refractivity contribution in [3.63, 3.8) is 0 Å². The van der Waals surface area contributed by atoms with Crippen LogP contribution in [0.3, 0.4) is 0 Å². The summed E-state index contributed by atoms with van der Waals surface area (Å²) < 4.78 is 7.58. The first-order chi connectivity index (χ1) is 10.3. The van der Waals surface area contributed by atoms with Gasteiger partial charge in [0, 0.05) is 32.0 Å². The molecule has 5 nitrogen and oxygen atoms in total. The summed E-state index contributed by atoms with van der Waals surface area (Å²) in [6.07, 6.45) is 3.36. The maximum atomic E-state index is 10.4. The normalized spacial score (nSPS) is 16.5. The zero-order valence-corrected chi connectivity index (χ0v) is 12.3. The fourth-order valence-electron chi connectivity index (χ4n) is 2.68. The van der Waals surface area contributed by atoms with Gasteiger partial charge in [-0.3, -0.25) is 4.90 Å². The lowest BCUT2D eigenvalue weighted by molar-refractivity contribution is 0.0962. The number of hydrogen-bond donors (Lipinski definition) is 1. The highest BCUT2D eigenvalue weighted by atomic mass is 16.5. The van der Waals surface area contributed by atoms with Crippen LogP contribution in [-0.4, -0.2) is 39.3 Å². The Morgan fingerprint density at radius 2 is 2.10 bits per heavy atom. The summed E-state index contributed by atoms with van der Waals surface area (Å²) in [5.74, 6) is 1.91. The van der Waals surface area contributed by atoms with Gasteiger partial charge >= 0.3 is 0 Å². The van der Waals surface area contributed by atoms with Crippen LogP contribution in [0.25, 0.3) is 0 Å². The minimum atomic E-state index is -0.484. The Morgan fingerprint density at radius 1 is 1.29 bits per heavy atom. The van der Waals surface area contributed by atoms with E-state index >= 15 is 0 Å². The van der Waals surface area contributed by atoms with E-state index in [2.05, 4.69) is 14.5 Å². The van der Waals surface area contributed by atoms with Gasteiger partial charge in [0.15, 0.2) is 0 Å². The second-order valence-corrected chi connectivity index (χ2v) is 5.29. The van der Waals surface area contributed by atoms with E-state index in [1.54, 1.807) is 0 Å². The van der Waals surface area contributed by atoms with Crippen LogP contribution >= 0.6 is 0 Å². The first-order valence-corrected chi connectivity index (χ1v) is 7.39. The molecule has 0 saturated carbocycles. The van der Waals surface area contributed by atoms with Gasteiger partial charge < -0.3 is 14.4 Å². The number of β-amino-alcohol motifs (C(OH)–C–C–N with tert-alkyl or cyclic N) is 1. The molecular weight excluding hydrogens is 266 g/mol. The monoisotopic (exact) mass is 287 g/mol. The molecule has 1 aliphatic rings. The Bertz CT molecular complexity index is 579. The molecule has 1 unspecified atom stereocenters. The van der Waals surface area contributed by atoms with E-state index in [0.29, 0.717) is 13.2 Å². The van der Waals surface area contributed by atoms with Gasteiger partial charge in [-0.05, 0) is 24.6 Å². The predicted molar refractivity (Wildman–Crippen MR) is 80.1 cm³/mol. The van der Waals surface area contributed by atoms with Crippen LogP contribution in [0.1, 0.15) is 24.4 Å². The van der Waals surface area contributed by atoms with E-state index in [1.165, 1.54) is 0 Å². The molecular formula is C16H21N3O2. The lowest BCUT2D eigenvalue weighted by Gasteiger charge is -2.29. The van der Waals surface area contributed by atoms with Crippen LogP contribution < -0.4 is 4.74 Å². The van der Waals surface area contributed by atoms with Gasteiger partial charge in [-0.25, -0.2) is 4.98 Å². The molecule has 0 spiro atoms. The summed E-state index contributed by atoms with van der Waals surface area (Å²) in [4.78, 5) is 6.58. The number of imidazole rings is 1. The molecule has 112 valence electrons. The molecule has 1 aromatic carbocycles. The van der Waals surface area contributed by atoms with Gasteiger partial charge in [-0.1, -0.05) is 12.1 Å². The van der Waals surface area contributed by atoms with Crippen molar-refractivity contribution in [1.82, 2.24) is 14.5 Å². The van der Waals surface area contributed by atoms with Crippen molar-refractivity contribution in [2.75, 3.05) is 19.7 Å². The molecule has 0 fully saturated rings. The standard InChI is InChI=1S/C16H21N3O2/c1-2-21-14-5-3-13(4-6-14)15(20)11-18-9-10-19-8-7-17-16(19)12-18/h3-8,15,20H,2,9-12H2,1H3. The van der Waals surface area contributed by atoms with Gasteiger partial charge in [0.25, 0.3) is 0 Å². The summed E-state index contributed by atoms with van der Waals surface area (Å²) in [5.41, 5.74) is 0.923. The quantitative estimate of drug-likeness (QED) is 0.911. The van der Waals surface area contributed by atoms with Gasteiger partial charge in [0.2, 0.25) is 0 Å². The highest BCUT2D eigenvalue weighted by Crippen LogP contribution is 2.20. The molecule has 1 atom stereocenters. The van der Waals surface area contributed by atoms with E-state index in [4.69, 9.17) is 4.74 Å². The Morgan fingerprint density at radius 3 is 2.86 bits per heavy atom. The molecule has 0 aliphatic carbocycles. The van der Waals surface area contributed by atoms with Crippen molar-refractivity contribution in [3.8, 4) is 5.75 Å². The average Bonchev–Trinajstić information content (AvgIpc) is 2.96. The second kappa shape index (κ2) is 6.28. The number of rotatable bonds is 5. The number of nitrogens with zero attached hydrogens (tertiary/aromatic N) is 3. The molecule has 5 heteroatoms. The molecule has 3 rings (SSSR count). The highest BCUT2D eigenvalue weighted by molar-refractivity contribution is 5.28. The maximum absolute atomic E-state index is 10.4. The molecule has 0 radical (unpaired) electrons. The molecule has 0 saturated heterocycles. The van der Waals surface area contributed by atoms with Gasteiger partial charge in [0.05, 0.1) is 19.3 Å². The van der Waals surface area contributed by atoms with Crippen LogP contribution in [0.5, 0.6) is 5.75 Å². The molecule has 21 heavy (non-hydrogen) atoms. The summed E-state index contributed by atoms with van der Waals surface area (Å²) in [6, 6.07) is 7.68. The highest BCUT2D eigenvalue weighted by Gasteiger charge is 2.19. The Labute approximate surface area is 124 Å². The average molecular weight is 287 g/mol. The smallest absolute Gasteiger partial charge is 0.122 e. The van der Waals surface area contributed by atoms with Crippen molar-refractivity contribution >= 4 is 0 Å². The summed E-state index contributed by atoms with van der Waals surface area (Å²) in [7, 11) is 0. The topological polar surface area (TPSA) is 50.5 Å². The predicted octanol–water partition coefficient (Wildman–Crippen LogP) is 1.83. The number of aliphatic hydroxyl groups excluding tert-OH is 1. The van der Waals surface area contributed by atoms with Crippen molar-refractivity contribution in [2.24, 2.45) is 0 Å². The molecule has 1 aliphatic heterocycles. The molecule has 0 bridgehead atoms. The Kier molecular flexibility index (Phi) is 4.22. The summed E-state index contributed by atoms with van der Waals surface area (Å²) >= 11 is 0. The molecule has 0 amide bonds. The van der Waals surface area contributed by atoms with Gasteiger partial charge in [0.1, 0.15) is 11.6 Å². The first kappa shape index (κ1) is 14.1. The van der Waals surface area contributed by atoms with Crippen LogP contribution in [0.2, 0.25) is 0 Å². The third-order valence-electron chi connectivity index (χ3n) is 3.83. The van der Waals surface area contributed by atoms with Crippen molar-refractivity contribution in [3.05, 3.63) is 48.0 Å². The lowest BCUT2D eigenvalue weighted by Crippen LogP contribution is -2.36. The van der Waals surface area contributed by atoms with Crippen molar-refractivity contribution in [1.29, 1.82) is 0 Å². The third-order valence-corrected chi connectivity index (χ3v) is 3.83. The maximum Gasteiger partial charge on any atom is 0.122 e. The van der Waals surface area contributed by atoms with Crippen LogP contribution in [0.4, 0.5) is 0 Å². The van der Waals surface area contributed by atoms with E-state index in [9.17, 15) is 5.11 Å². The zero-order valence-electron chi connectivity index (χ0n) is 12.3. The molecule has 1 aromatic heterocycles. The molecule has 1 N–H and O–H groups in total. The largest absolute Gasteiger partial charge is 0.494 e. The summed E-state index contributed by atoms with van der Waals surface area (Å²) in [5, 5.41) is 10.4. The molecule has 2 heterocycles. The summed E-state index contributed by atoms with van der Waals surface area (Å²) in [6.45, 7) is 5.91. The number of ether oxygens (including phenoxy) is 1. The number of benzene rings is 1.